The van der Waals surface area contributed by atoms with E-state index >= 15 is 0 Å². The van der Waals surface area contributed by atoms with Crippen molar-refractivity contribution < 1.29 is 32.6 Å². The van der Waals surface area contributed by atoms with Gasteiger partial charge in [-0.15, -0.1) is 0 Å². The van der Waals surface area contributed by atoms with Gasteiger partial charge in [-0.2, -0.15) is 4.39 Å². The minimum Gasteiger partial charge on any atom is -0.390 e. The van der Waals surface area contributed by atoms with Gasteiger partial charge in [0, 0.05) is 37.4 Å². The number of ether oxygens (including phenoxy) is 1. The van der Waals surface area contributed by atoms with E-state index in [9.17, 15) is 28.4 Å². The summed E-state index contributed by atoms with van der Waals surface area (Å²) in [6.07, 6.45) is 26.2. The maximum absolute atomic E-state index is 13.7. The summed E-state index contributed by atoms with van der Waals surface area (Å²) in [5, 5.41) is 16.1. The lowest BCUT2D eigenvalue weighted by molar-refractivity contribution is -0.121. The molecule has 16 heteroatoms. The lowest BCUT2D eigenvalue weighted by atomic mass is 10.2. The molecule has 0 aliphatic carbocycles. The summed E-state index contributed by atoms with van der Waals surface area (Å²) in [5.41, 5.74) is -2.03. The third kappa shape index (κ3) is 19.8. The summed E-state index contributed by atoms with van der Waals surface area (Å²) in [6.45, 7) is 4.45. The van der Waals surface area contributed by atoms with Gasteiger partial charge >= 0.3 is 13.4 Å². The van der Waals surface area contributed by atoms with Crippen LogP contribution in [0.4, 0.5) is 4.39 Å². The molecule has 1 fully saturated rings. The number of aliphatic hydroxyl groups is 1. The van der Waals surface area contributed by atoms with E-state index < -0.39 is 43.2 Å². The number of rotatable bonds is 27. The Morgan fingerprint density at radius 3 is 2.24 bits per heavy atom. The molecule has 12 nitrogen and oxygen atoms in total. The molecule has 4 N–H and O–H groups in total. The van der Waals surface area contributed by atoms with Crippen molar-refractivity contribution in [2.45, 2.75) is 90.1 Å². The maximum atomic E-state index is 13.7. The molecule has 1 amide bonds. The molecular formula is C35H54FN4O8PS2. The molecule has 286 valence electrons. The van der Waals surface area contributed by atoms with Crippen LogP contribution in [0.25, 0.3) is 0 Å². The van der Waals surface area contributed by atoms with E-state index in [-0.39, 0.29) is 25.5 Å². The van der Waals surface area contributed by atoms with E-state index in [2.05, 4.69) is 78.1 Å². The standard InChI is InChI=1S/C35H54FN4O8PS2/c1-3-5-6-7-8-9-10-11-12-13-14-15-16-17-18-19-20-21-32(42)37-22-24-50-51-25-23-38-49(45,46-4-2)47-28-31-30(41)26-33(48-31)40-27-29(36)34(43)39-35(40)44/h5-6,8-9,11-12,14-15,17-18,27,30-31,33,41H,3-4,7,10,13,16,19-26,28H2,1-2H3,(H,37,42)(H,38,45)(H,39,43,44). The SMILES string of the molecule is CCC=CCC=CCC=CCC=CCC=CCCCC(=O)NCCSSCCNP(=O)(OCC)OCC1OC(n2cc(F)c(=O)[nH]c2=O)CC1O. The van der Waals surface area contributed by atoms with Gasteiger partial charge in [0.05, 0.1) is 25.5 Å². The number of aromatic nitrogens is 2. The molecule has 1 aromatic rings. The highest BCUT2D eigenvalue weighted by molar-refractivity contribution is 8.76. The van der Waals surface area contributed by atoms with Crippen LogP contribution in [0.3, 0.4) is 0 Å². The molecule has 2 rings (SSSR count). The number of carbonyl (C=O) groups excluding carboxylic acids is 1. The topological polar surface area (TPSA) is 161 Å². The Morgan fingerprint density at radius 2 is 1.61 bits per heavy atom. The Balaban J connectivity index is 1.50. The summed E-state index contributed by atoms with van der Waals surface area (Å²) in [4.78, 5) is 37.3. The first-order valence-electron chi connectivity index (χ1n) is 17.4. The molecule has 4 unspecified atom stereocenters. The highest BCUT2D eigenvalue weighted by Gasteiger charge is 2.38. The van der Waals surface area contributed by atoms with Gasteiger partial charge in [-0.3, -0.25) is 28.2 Å². The Bertz CT molecular complexity index is 1470. The van der Waals surface area contributed by atoms with E-state index in [0.29, 0.717) is 37.2 Å². The van der Waals surface area contributed by atoms with Gasteiger partial charge in [0.25, 0.3) is 5.56 Å². The number of nitrogens with zero attached hydrogens (tertiary/aromatic N) is 1. The molecule has 0 aromatic carbocycles. The van der Waals surface area contributed by atoms with Crippen molar-refractivity contribution in [3.05, 3.63) is 93.6 Å². The molecule has 1 aliphatic rings. The van der Waals surface area contributed by atoms with Crippen molar-refractivity contribution in [1.82, 2.24) is 20.0 Å². The average Bonchev–Trinajstić information content (AvgIpc) is 3.47. The zero-order chi connectivity index (χ0) is 37.2. The first kappa shape index (κ1) is 44.7. The number of H-pyrrole nitrogens is 1. The Hall–Kier alpha value is -2.49. The maximum Gasteiger partial charge on any atom is 0.405 e. The van der Waals surface area contributed by atoms with Crippen LogP contribution in [-0.4, -0.2) is 70.6 Å². The second kappa shape index (κ2) is 27.2. The van der Waals surface area contributed by atoms with Crippen LogP contribution in [-0.2, 0) is 23.1 Å². The van der Waals surface area contributed by atoms with E-state index in [1.165, 1.54) is 0 Å². The summed E-state index contributed by atoms with van der Waals surface area (Å²) in [6, 6.07) is 0. The van der Waals surface area contributed by atoms with E-state index in [1.54, 1.807) is 28.5 Å². The molecule has 51 heavy (non-hydrogen) atoms. The highest BCUT2D eigenvalue weighted by Crippen LogP contribution is 2.44. The molecule has 0 saturated carbocycles. The zero-order valence-corrected chi connectivity index (χ0v) is 32.1. The van der Waals surface area contributed by atoms with Gasteiger partial charge in [-0.1, -0.05) is 89.3 Å². The molecule has 2 heterocycles. The van der Waals surface area contributed by atoms with Gasteiger partial charge < -0.3 is 15.2 Å². The third-order valence-electron chi connectivity index (χ3n) is 7.16. The van der Waals surface area contributed by atoms with E-state index in [4.69, 9.17) is 13.8 Å². The van der Waals surface area contributed by atoms with Crippen molar-refractivity contribution in [2.75, 3.05) is 37.8 Å². The molecule has 0 spiro atoms. The summed E-state index contributed by atoms with van der Waals surface area (Å²) < 4.78 is 44.1. The molecule has 4 atom stereocenters. The molecule has 1 saturated heterocycles. The average molecular weight is 773 g/mol. The lowest BCUT2D eigenvalue weighted by Crippen LogP contribution is -2.34. The summed E-state index contributed by atoms with van der Waals surface area (Å²) in [5.74, 6) is 0.162. The fourth-order valence-electron chi connectivity index (χ4n) is 4.59. The molecule has 0 bridgehead atoms. The number of nitrogens with one attached hydrogen (secondary N) is 3. The minimum absolute atomic E-state index is 0.0324. The number of amides is 1. The predicted octanol–water partition coefficient (Wildman–Crippen LogP) is 6.49. The Morgan fingerprint density at radius 1 is 1.00 bits per heavy atom. The van der Waals surface area contributed by atoms with Crippen LogP contribution in [0.1, 0.15) is 77.9 Å². The number of halogens is 1. The highest BCUT2D eigenvalue weighted by atomic mass is 33.1. The molecule has 1 aromatic heterocycles. The Labute approximate surface area is 308 Å². The third-order valence-corrected chi connectivity index (χ3v) is 11.3. The predicted molar refractivity (Wildman–Crippen MR) is 205 cm³/mol. The van der Waals surface area contributed by atoms with Crippen molar-refractivity contribution in [2.24, 2.45) is 0 Å². The van der Waals surface area contributed by atoms with Crippen LogP contribution in [0.2, 0.25) is 0 Å². The van der Waals surface area contributed by atoms with Crippen LogP contribution < -0.4 is 21.7 Å². The first-order chi connectivity index (χ1) is 24.7. The van der Waals surface area contributed by atoms with Gasteiger partial charge in [0.2, 0.25) is 11.7 Å². The van der Waals surface area contributed by atoms with Crippen molar-refractivity contribution in [1.29, 1.82) is 0 Å². The minimum atomic E-state index is -3.73. The molecule has 0 radical (unpaired) electrons. The normalized spacial score (nSPS) is 19.4. The second-order valence-electron chi connectivity index (χ2n) is 11.3. The summed E-state index contributed by atoms with van der Waals surface area (Å²) in [7, 11) is -0.609. The van der Waals surface area contributed by atoms with Crippen LogP contribution in [0, 0.1) is 5.82 Å². The molecular weight excluding hydrogens is 719 g/mol. The second-order valence-corrected chi connectivity index (χ2v) is 15.8. The largest absolute Gasteiger partial charge is 0.405 e. The van der Waals surface area contributed by atoms with E-state index in [0.717, 1.165) is 49.5 Å². The van der Waals surface area contributed by atoms with Crippen LogP contribution >= 0.6 is 29.3 Å². The summed E-state index contributed by atoms with van der Waals surface area (Å²) >= 11 is 0. The van der Waals surface area contributed by atoms with Crippen molar-refractivity contribution >= 4 is 35.2 Å². The number of aromatic amines is 1. The Kier molecular flexibility index (Phi) is 23.8. The quantitative estimate of drug-likeness (QED) is 0.0335. The van der Waals surface area contributed by atoms with Crippen molar-refractivity contribution in [3.8, 4) is 0 Å². The number of carbonyl (C=O) groups is 1. The lowest BCUT2D eigenvalue weighted by Gasteiger charge is -2.21. The number of allylic oxidation sites excluding steroid dienone is 10. The number of hydrogen-bond donors (Lipinski definition) is 4. The number of hydrogen-bond acceptors (Lipinski definition) is 10. The van der Waals surface area contributed by atoms with Gasteiger partial charge in [-0.25, -0.2) is 14.4 Å². The van der Waals surface area contributed by atoms with Gasteiger partial charge in [0.15, 0.2) is 0 Å². The number of aliphatic hydroxyl groups excluding tert-OH is 1. The van der Waals surface area contributed by atoms with Gasteiger partial charge in [0.1, 0.15) is 12.3 Å². The van der Waals surface area contributed by atoms with Crippen LogP contribution in [0.15, 0.2) is 76.5 Å². The van der Waals surface area contributed by atoms with Crippen molar-refractivity contribution in [3.63, 3.8) is 0 Å². The fourth-order valence-corrected chi connectivity index (χ4v) is 7.88. The monoisotopic (exact) mass is 772 g/mol. The van der Waals surface area contributed by atoms with Crippen LogP contribution in [0.5, 0.6) is 0 Å². The molecule has 1 aliphatic heterocycles. The smallest absolute Gasteiger partial charge is 0.390 e. The van der Waals surface area contributed by atoms with E-state index in [1.807, 2.05) is 4.98 Å². The number of unbranched alkanes of at least 4 members (excludes halogenated alkanes) is 1. The fraction of sp³-hybridized carbons (Fsp3) is 0.571. The first-order valence-corrected chi connectivity index (χ1v) is 21.5. The zero-order valence-electron chi connectivity index (χ0n) is 29.6. The van der Waals surface area contributed by atoms with Gasteiger partial charge in [-0.05, 0) is 51.9 Å².